The zero-order valence-electron chi connectivity index (χ0n) is 17.1. The number of carbonyl (C=O) groups is 1. The molecular weight excluding hydrogens is 348 g/mol. The van der Waals surface area contributed by atoms with Crippen molar-refractivity contribution in [2.75, 3.05) is 20.2 Å². The third-order valence-corrected chi connectivity index (χ3v) is 5.39. The molecule has 148 valence electrons. The van der Waals surface area contributed by atoms with Gasteiger partial charge in [0, 0.05) is 31.8 Å². The SMILES string of the molecule is COc1cc(C)c(/C=C/C(=O)NC2CCN(Cc3ccccc3)CC2)c(C)c1. The maximum atomic E-state index is 12.4. The second-order valence-electron chi connectivity index (χ2n) is 7.55. The number of piperidine rings is 1. The Morgan fingerprint density at radius 2 is 1.79 bits per heavy atom. The van der Waals surface area contributed by atoms with Gasteiger partial charge in [-0.2, -0.15) is 0 Å². The minimum atomic E-state index is -0.0175. The molecule has 2 aromatic carbocycles. The molecular formula is C24H30N2O2. The highest BCUT2D eigenvalue weighted by molar-refractivity contribution is 5.92. The topological polar surface area (TPSA) is 41.6 Å². The Morgan fingerprint density at radius 1 is 1.14 bits per heavy atom. The number of benzene rings is 2. The summed E-state index contributed by atoms with van der Waals surface area (Å²) in [5.74, 6) is 0.829. The number of hydrogen-bond acceptors (Lipinski definition) is 3. The molecule has 1 saturated heterocycles. The van der Waals surface area contributed by atoms with Crippen molar-refractivity contribution in [1.29, 1.82) is 0 Å². The van der Waals surface area contributed by atoms with E-state index in [0.29, 0.717) is 0 Å². The van der Waals surface area contributed by atoms with Crippen molar-refractivity contribution in [2.45, 2.75) is 39.3 Å². The first kappa shape index (κ1) is 20.2. The van der Waals surface area contributed by atoms with E-state index in [1.165, 1.54) is 5.56 Å². The van der Waals surface area contributed by atoms with Gasteiger partial charge in [0.1, 0.15) is 5.75 Å². The lowest BCUT2D eigenvalue weighted by atomic mass is 10.0. The van der Waals surface area contributed by atoms with Crippen LogP contribution >= 0.6 is 0 Å². The minimum Gasteiger partial charge on any atom is -0.497 e. The van der Waals surface area contributed by atoms with Crippen molar-refractivity contribution in [3.05, 3.63) is 70.8 Å². The van der Waals surface area contributed by atoms with Gasteiger partial charge in [-0.3, -0.25) is 9.69 Å². The highest BCUT2D eigenvalue weighted by atomic mass is 16.5. The van der Waals surface area contributed by atoms with Gasteiger partial charge in [-0.05, 0) is 67.2 Å². The lowest BCUT2D eigenvalue weighted by Crippen LogP contribution is -2.43. The highest BCUT2D eigenvalue weighted by Crippen LogP contribution is 2.22. The molecule has 0 bridgehead atoms. The summed E-state index contributed by atoms with van der Waals surface area (Å²) >= 11 is 0. The van der Waals surface area contributed by atoms with Gasteiger partial charge in [0.25, 0.3) is 0 Å². The molecule has 0 saturated carbocycles. The maximum absolute atomic E-state index is 12.4. The predicted octanol–water partition coefficient (Wildman–Crippen LogP) is 4.11. The number of hydrogen-bond donors (Lipinski definition) is 1. The lowest BCUT2D eigenvalue weighted by molar-refractivity contribution is -0.117. The summed E-state index contributed by atoms with van der Waals surface area (Å²) in [4.78, 5) is 14.8. The average molecular weight is 379 g/mol. The van der Waals surface area contributed by atoms with Gasteiger partial charge in [0.15, 0.2) is 0 Å². The van der Waals surface area contributed by atoms with Gasteiger partial charge in [-0.15, -0.1) is 0 Å². The van der Waals surface area contributed by atoms with E-state index in [1.807, 2.05) is 38.1 Å². The number of likely N-dealkylation sites (tertiary alicyclic amines) is 1. The van der Waals surface area contributed by atoms with Gasteiger partial charge in [0.05, 0.1) is 7.11 Å². The van der Waals surface area contributed by atoms with Crippen LogP contribution in [-0.2, 0) is 11.3 Å². The fourth-order valence-electron chi connectivity index (χ4n) is 3.80. The summed E-state index contributed by atoms with van der Waals surface area (Å²) < 4.78 is 5.30. The number of amides is 1. The second-order valence-corrected chi connectivity index (χ2v) is 7.55. The maximum Gasteiger partial charge on any atom is 0.244 e. The zero-order valence-corrected chi connectivity index (χ0v) is 17.1. The quantitative estimate of drug-likeness (QED) is 0.769. The molecule has 1 aliphatic rings. The third kappa shape index (κ3) is 5.46. The van der Waals surface area contributed by atoms with Crippen LogP contribution in [0.1, 0.15) is 35.1 Å². The zero-order chi connectivity index (χ0) is 19.9. The second kappa shape index (κ2) is 9.56. The van der Waals surface area contributed by atoms with E-state index in [1.54, 1.807) is 13.2 Å². The van der Waals surface area contributed by atoms with Crippen LogP contribution in [0, 0.1) is 13.8 Å². The number of nitrogens with one attached hydrogen (secondary N) is 1. The molecule has 4 heteroatoms. The molecule has 2 aromatic rings. The molecule has 1 aliphatic heterocycles. The molecule has 1 fully saturated rings. The van der Waals surface area contributed by atoms with Crippen molar-refractivity contribution in [2.24, 2.45) is 0 Å². The van der Waals surface area contributed by atoms with E-state index in [2.05, 4.69) is 34.5 Å². The Morgan fingerprint density at radius 3 is 2.39 bits per heavy atom. The number of nitrogens with zero attached hydrogens (tertiary/aromatic N) is 1. The normalized spacial score (nSPS) is 15.7. The molecule has 1 amide bonds. The standard InChI is InChI=1S/C24H30N2O2/c1-18-15-22(28-3)16-19(2)23(18)9-10-24(27)25-21-11-13-26(14-12-21)17-20-7-5-4-6-8-20/h4-10,15-16,21H,11-14,17H2,1-3H3,(H,25,27)/b10-9+. The van der Waals surface area contributed by atoms with Crippen molar-refractivity contribution < 1.29 is 9.53 Å². The number of carbonyl (C=O) groups excluding carboxylic acids is 1. The molecule has 0 radical (unpaired) electrons. The molecule has 1 N–H and O–H groups in total. The van der Waals surface area contributed by atoms with E-state index < -0.39 is 0 Å². The van der Waals surface area contributed by atoms with Gasteiger partial charge in [0.2, 0.25) is 5.91 Å². The molecule has 0 aromatic heterocycles. The van der Waals surface area contributed by atoms with Crippen LogP contribution in [0.3, 0.4) is 0 Å². The van der Waals surface area contributed by atoms with E-state index >= 15 is 0 Å². The molecule has 1 heterocycles. The third-order valence-electron chi connectivity index (χ3n) is 5.39. The molecule has 28 heavy (non-hydrogen) atoms. The number of ether oxygens (including phenoxy) is 1. The van der Waals surface area contributed by atoms with E-state index in [9.17, 15) is 4.79 Å². The summed E-state index contributed by atoms with van der Waals surface area (Å²) in [5, 5.41) is 3.16. The summed E-state index contributed by atoms with van der Waals surface area (Å²) in [6, 6.07) is 14.8. The first-order valence-corrected chi connectivity index (χ1v) is 9.95. The van der Waals surface area contributed by atoms with Crippen LogP contribution in [0.2, 0.25) is 0 Å². The van der Waals surface area contributed by atoms with Crippen LogP contribution in [-0.4, -0.2) is 37.0 Å². The minimum absolute atomic E-state index is 0.0175. The van der Waals surface area contributed by atoms with E-state index in [-0.39, 0.29) is 11.9 Å². The number of methoxy groups -OCH3 is 1. The number of rotatable bonds is 6. The Balaban J connectivity index is 1.49. The molecule has 0 unspecified atom stereocenters. The average Bonchev–Trinajstić information content (AvgIpc) is 2.69. The highest BCUT2D eigenvalue weighted by Gasteiger charge is 2.20. The molecule has 0 aliphatic carbocycles. The van der Waals surface area contributed by atoms with Gasteiger partial charge >= 0.3 is 0 Å². The van der Waals surface area contributed by atoms with Crippen LogP contribution in [0.25, 0.3) is 6.08 Å². The predicted molar refractivity (Wildman–Crippen MR) is 114 cm³/mol. The van der Waals surface area contributed by atoms with Crippen molar-refractivity contribution in [3.8, 4) is 5.75 Å². The largest absolute Gasteiger partial charge is 0.497 e. The van der Waals surface area contributed by atoms with Crippen molar-refractivity contribution in [3.63, 3.8) is 0 Å². The molecule has 3 rings (SSSR count). The van der Waals surface area contributed by atoms with Gasteiger partial charge < -0.3 is 10.1 Å². The Bertz CT molecular complexity index is 799. The van der Waals surface area contributed by atoms with Crippen LogP contribution in [0.15, 0.2) is 48.5 Å². The Hall–Kier alpha value is -2.59. The molecule has 0 spiro atoms. The summed E-state index contributed by atoms with van der Waals surface area (Å²) in [5.41, 5.74) is 4.64. The monoisotopic (exact) mass is 378 g/mol. The summed E-state index contributed by atoms with van der Waals surface area (Å²) in [6.07, 6.45) is 5.54. The molecule has 4 nitrogen and oxygen atoms in total. The molecule has 0 atom stereocenters. The van der Waals surface area contributed by atoms with Crippen LogP contribution < -0.4 is 10.1 Å². The first-order chi connectivity index (χ1) is 13.5. The van der Waals surface area contributed by atoms with E-state index in [4.69, 9.17) is 4.74 Å². The van der Waals surface area contributed by atoms with Crippen molar-refractivity contribution in [1.82, 2.24) is 10.2 Å². The Labute approximate surface area is 168 Å². The Kier molecular flexibility index (Phi) is 6.88. The van der Waals surface area contributed by atoms with E-state index in [0.717, 1.165) is 54.9 Å². The lowest BCUT2D eigenvalue weighted by Gasteiger charge is -2.32. The number of aryl methyl sites for hydroxylation is 2. The smallest absolute Gasteiger partial charge is 0.244 e. The van der Waals surface area contributed by atoms with Gasteiger partial charge in [-0.1, -0.05) is 30.3 Å². The van der Waals surface area contributed by atoms with Gasteiger partial charge in [-0.25, -0.2) is 0 Å². The van der Waals surface area contributed by atoms with Crippen LogP contribution in [0.4, 0.5) is 0 Å². The van der Waals surface area contributed by atoms with Crippen molar-refractivity contribution >= 4 is 12.0 Å². The fourth-order valence-corrected chi connectivity index (χ4v) is 3.80. The summed E-state index contributed by atoms with van der Waals surface area (Å²) in [6.45, 7) is 7.09. The summed E-state index contributed by atoms with van der Waals surface area (Å²) in [7, 11) is 1.67. The first-order valence-electron chi connectivity index (χ1n) is 9.95. The fraction of sp³-hybridized carbons (Fsp3) is 0.375. The van der Waals surface area contributed by atoms with Crippen LogP contribution in [0.5, 0.6) is 5.75 Å².